The van der Waals surface area contributed by atoms with Crippen LogP contribution in [0, 0.1) is 0 Å². The molecule has 0 aromatic heterocycles. The van der Waals surface area contributed by atoms with Gasteiger partial charge in [0.1, 0.15) is 11.3 Å². The van der Waals surface area contributed by atoms with Gasteiger partial charge in [-0.2, -0.15) is 0 Å². The van der Waals surface area contributed by atoms with E-state index in [9.17, 15) is 9.59 Å². The van der Waals surface area contributed by atoms with Crippen molar-refractivity contribution < 1.29 is 14.3 Å². The van der Waals surface area contributed by atoms with Gasteiger partial charge in [0.2, 0.25) is 0 Å². The number of amides is 1. The molecule has 0 saturated heterocycles. The number of Topliss-reactive ketones (excluding diaryl/α,β-unsaturated/α-hetero) is 1. The van der Waals surface area contributed by atoms with Crippen LogP contribution in [0.4, 0.5) is 0 Å². The molecule has 1 aliphatic rings. The van der Waals surface area contributed by atoms with Gasteiger partial charge < -0.3 is 9.64 Å². The fourth-order valence-corrected chi connectivity index (χ4v) is 4.04. The van der Waals surface area contributed by atoms with E-state index in [1.807, 2.05) is 18.2 Å². The number of carbonyl (C=O) groups is 2. The minimum absolute atomic E-state index is 0.0376. The first-order valence-electron chi connectivity index (χ1n) is 8.71. The second kappa shape index (κ2) is 7.50. The van der Waals surface area contributed by atoms with Gasteiger partial charge in [-0.1, -0.05) is 35.9 Å². The van der Waals surface area contributed by atoms with Crippen LogP contribution in [0.5, 0.6) is 5.75 Å². The molecule has 1 saturated carbocycles. The van der Waals surface area contributed by atoms with E-state index in [2.05, 4.69) is 0 Å². The van der Waals surface area contributed by atoms with E-state index in [0.29, 0.717) is 34.7 Å². The van der Waals surface area contributed by atoms with Crippen molar-refractivity contribution in [2.45, 2.75) is 31.2 Å². The van der Waals surface area contributed by atoms with E-state index in [1.54, 1.807) is 49.4 Å². The molecule has 136 valence electrons. The molecule has 2 aromatic rings. The first-order valence-corrected chi connectivity index (χ1v) is 9.09. The molecule has 0 bridgehead atoms. The lowest BCUT2D eigenvalue weighted by molar-refractivity contribution is -0.132. The van der Waals surface area contributed by atoms with Crippen molar-refractivity contribution in [1.29, 1.82) is 0 Å². The zero-order valence-corrected chi connectivity index (χ0v) is 15.8. The van der Waals surface area contributed by atoms with Crippen molar-refractivity contribution in [1.82, 2.24) is 4.90 Å². The zero-order chi connectivity index (χ0) is 18.7. The summed E-state index contributed by atoms with van der Waals surface area (Å²) in [5, 5.41) is 0.507. The lowest BCUT2D eigenvalue weighted by Gasteiger charge is -2.44. The van der Waals surface area contributed by atoms with Crippen LogP contribution in [-0.2, 0) is 10.3 Å². The minimum atomic E-state index is -1.03. The Morgan fingerprint density at radius 2 is 1.92 bits per heavy atom. The number of ether oxygens (including phenoxy) is 1. The van der Waals surface area contributed by atoms with Gasteiger partial charge in [0.25, 0.3) is 5.91 Å². The Morgan fingerprint density at radius 1 is 1.15 bits per heavy atom. The van der Waals surface area contributed by atoms with Gasteiger partial charge in [0, 0.05) is 29.6 Å². The average Bonchev–Trinajstić information content (AvgIpc) is 2.68. The summed E-state index contributed by atoms with van der Waals surface area (Å²) >= 11 is 6.44. The summed E-state index contributed by atoms with van der Waals surface area (Å²) in [7, 11) is 3.25. The molecule has 1 aliphatic carbocycles. The Labute approximate surface area is 158 Å². The van der Waals surface area contributed by atoms with E-state index in [0.717, 1.165) is 12.8 Å². The van der Waals surface area contributed by atoms with Gasteiger partial charge in [0.15, 0.2) is 5.78 Å². The standard InChI is InChI=1S/C21H22ClNO3/c1-23(20(25)15-8-7-9-16(14-15)26-2)21(13-6-5-12-19(21)24)17-10-3-4-11-18(17)22/h3-4,7-11,14H,5-6,12-13H2,1-2H3. The predicted octanol–water partition coefficient (Wildman–Crippen LogP) is 4.46. The fourth-order valence-electron chi connectivity index (χ4n) is 3.75. The van der Waals surface area contributed by atoms with E-state index in [-0.39, 0.29) is 11.7 Å². The van der Waals surface area contributed by atoms with E-state index in [1.165, 1.54) is 0 Å². The molecule has 26 heavy (non-hydrogen) atoms. The summed E-state index contributed by atoms with van der Waals surface area (Å²) in [6, 6.07) is 14.3. The maximum absolute atomic E-state index is 13.2. The molecule has 1 atom stereocenters. The van der Waals surface area contributed by atoms with Gasteiger partial charge in [0.05, 0.1) is 7.11 Å². The molecule has 0 spiro atoms. The number of nitrogens with zero attached hydrogens (tertiary/aromatic N) is 1. The van der Waals surface area contributed by atoms with Crippen LogP contribution < -0.4 is 4.74 Å². The molecule has 3 rings (SSSR count). The molecule has 0 N–H and O–H groups in total. The van der Waals surface area contributed by atoms with Crippen molar-refractivity contribution in [2.24, 2.45) is 0 Å². The number of methoxy groups -OCH3 is 1. The van der Waals surface area contributed by atoms with Crippen LogP contribution in [0.1, 0.15) is 41.6 Å². The molecule has 2 aromatic carbocycles. The van der Waals surface area contributed by atoms with Crippen LogP contribution in [0.25, 0.3) is 0 Å². The highest BCUT2D eigenvalue weighted by Gasteiger charge is 2.48. The van der Waals surface area contributed by atoms with Crippen LogP contribution in [0.3, 0.4) is 0 Å². The SMILES string of the molecule is COc1cccc(C(=O)N(C)C2(c3ccccc3Cl)CCCCC2=O)c1. The summed E-state index contributed by atoms with van der Waals surface area (Å²) in [6.45, 7) is 0. The summed E-state index contributed by atoms with van der Waals surface area (Å²) in [6.07, 6.45) is 2.72. The molecule has 0 heterocycles. The lowest BCUT2D eigenvalue weighted by atomic mass is 9.74. The van der Waals surface area contributed by atoms with Crippen LogP contribution >= 0.6 is 11.6 Å². The number of benzene rings is 2. The Hall–Kier alpha value is -2.33. The Kier molecular flexibility index (Phi) is 5.33. The zero-order valence-electron chi connectivity index (χ0n) is 15.0. The predicted molar refractivity (Wildman–Crippen MR) is 102 cm³/mol. The topological polar surface area (TPSA) is 46.6 Å². The van der Waals surface area contributed by atoms with Gasteiger partial charge >= 0.3 is 0 Å². The van der Waals surface area contributed by atoms with Gasteiger partial charge in [-0.25, -0.2) is 0 Å². The van der Waals surface area contributed by atoms with E-state index < -0.39 is 5.54 Å². The van der Waals surface area contributed by atoms with Crippen molar-refractivity contribution in [3.63, 3.8) is 0 Å². The van der Waals surface area contributed by atoms with Crippen molar-refractivity contribution in [2.75, 3.05) is 14.2 Å². The summed E-state index contributed by atoms with van der Waals surface area (Å²) < 4.78 is 5.22. The Bertz CT molecular complexity index is 836. The third-order valence-electron chi connectivity index (χ3n) is 5.17. The second-order valence-corrected chi connectivity index (χ2v) is 6.97. The van der Waals surface area contributed by atoms with E-state index >= 15 is 0 Å². The number of ketones is 1. The Morgan fingerprint density at radius 3 is 2.62 bits per heavy atom. The number of rotatable bonds is 4. The molecule has 1 fully saturated rings. The largest absolute Gasteiger partial charge is 0.497 e. The quantitative estimate of drug-likeness (QED) is 0.797. The van der Waals surface area contributed by atoms with Crippen molar-refractivity contribution in [3.8, 4) is 5.75 Å². The first kappa shape index (κ1) is 18.5. The van der Waals surface area contributed by atoms with Gasteiger partial charge in [-0.3, -0.25) is 9.59 Å². The summed E-state index contributed by atoms with van der Waals surface area (Å²) in [5.74, 6) is 0.417. The molecule has 0 aliphatic heterocycles. The lowest BCUT2D eigenvalue weighted by Crippen LogP contribution is -2.54. The highest BCUT2D eigenvalue weighted by atomic mass is 35.5. The van der Waals surface area contributed by atoms with Crippen LogP contribution in [0.2, 0.25) is 5.02 Å². The van der Waals surface area contributed by atoms with Crippen molar-refractivity contribution >= 4 is 23.3 Å². The fraction of sp³-hybridized carbons (Fsp3) is 0.333. The average molecular weight is 372 g/mol. The molecular weight excluding hydrogens is 350 g/mol. The first-order chi connectivity index (χ1) is 12.5. The summed E-state index contributed by atoms with van der Waals surface area (Å²) in [5.41, 5.74) is 0.151. The highest BCUT2D eigenvalue weighted by molar-refractivity contribution is 6.31. The number of hydrogen-bond acceptors (Lipinski definition) is 3. The number of hydrogen-bond donors (Lipinski definition) is 0. The molecule has 1 amide bonds. The third-order valence-corrected chi connectivity index (χ3v) is 5.50. The normalized spacial score (nSPS) is 19.9. The highest BCUT2D eigenvalue weighted by Crippen LogP contribution is 2.42. The number of carbonyl (C=O) groups excluding carboxylic acids is 2. The van der Waals surface area contributed by atoms with Crippen molar-refractivity contribution in [3.05, 3.63) is 64.7 Å². The molecule has 0 radical (unpaired) electrons. The van der Waals surface area contributed by atoms with E-state index in [4.69, 9.17) is 16.3 Å². The van der Waals surface area contributed by atoms with Gasteiger partial charge in [-0.15, -0.1) is 0 Å². The number of likely N-dealkylation sites (N-methyl/N-ethyl adjacent to an activating group) is 1. The molecule has 1 unspecified atom stereocenters. The van der Waals surface area contributed by atoms with Crippen LogP contribution in [-0.4, -0.2) is 30.7 Å². The third kappa shape index (κ3) is 3.10. The molecule has 5 heteroatoms. The Balaban J connectivity index is 2.08. The second-order valence-electron chi connectivity index (χ2n) is 6.57. The summed E-state index contributed by atoms with van der Waals surface area (Å²) in [4.78, 5) is 27.9. The molecular formula is C21H22ClNO3. The maximum atomic E-state index is 13.2. The monoisotopic (exact) mass is 371 g/mol. The van der Waals surface area contributed by atoms with Gasteiger partial charge in [-0.05, 0) is 43.5 Å². The smallest absolute Gasteiger partial charge is 0.254 e. The number of halogens is 1. The van der Waals surface area contributed by atoms with Crippen LogP contribution in [0.15, 0.2) is 48.5 Å². The molecule has 4 nitrogen and oxygen atoms in total. The minimum Gasteiger partial charge on any atom is -0.497 e. The maximum Gasteiger partial charge on any atom is 0.254 e.